The van der Waals surface area contributed by atoms with Crippen molar-refractivity contribution in [1.29, 1.82) is 0 Å². The Labute approximate surface area is 167 Å². The van der Waals surface area contributed by atoms with Gasteiger partial charge in [0.05, 0.1) is 10.6 Å². The average molecular weight is 407 g/mol. The Morgan fingerprint density at radius 1 is 0.931 bits per heavy atom. The van der Waals surface area contributed by atoms with Crippen LogP contribution in [0.4, 0.5) is 11.4 Å². The standard InChI is InChI=1S/C20H17N5O3S/c1-13-7-9-15(12-18(13)24-29(27,28)16-5-3-2-4-6-16)21-20(26)14-8-10-17-19(11-14)23-25-22-17/h2-12,24H,1H3,(H,21,26)(H,22,23,25). The molecule has 9 heteroatoms. The van der Waals surface area contributed by atoms with Crippen molar-refractivity contribution in [3.8, 4) is 0 Å². The normalized spacial score (nSPS) is 11.3. The number of sulfonamides is 1. The van der Waals surface area contributed by atoms with E-state index in [1.807, 2.05) is 0 Å². The second kappa shape index (κ2) is 7.36. The van der Waals surface area contributed by atoms with E-state index < -0.39 is 10.0 Å². The third kappa shape index (κ3) is 3.94. The van der Waals surface area contributed by atoms with E-state index in [2.05, 4.69) is 25.4 Å². The predicted molar refractivity (Wildman–Crippen MR) is 110 cm³/mol. The van der Waals surface area contributed by atoms with Crippen LogP contribution in [0.3, 0.4) is 0 Å². The van der Waals surface area contributed by atoms with Crippen LogP contribution in [0.2, 0.25) is 0 Å². The van der Waals surface area contributed by atoms with Crippen molar-refractivity contribution < 1.29 is 13.2 Å². The van der Waals surface area contributed by atoms with Crippen molar-refractivity contribution in [3.05, 3.63) is 77.9 Å². The van der Waals surface area contributed by atoms with Crippen LogP contribution in [0.5, 0.6) is 0 Å². The monoisotopic (exact) mass is 407 g/mol. The van der Waals surface area contributed by atoms with Crippen LogP contribution in [0.25, 0.3) is 11.0 Å². The highest BCUT2D eigenvalue weighted by molar-refractivity contribution is 7.92. The van der Waals surface area contributed by atoms with Gasteiger partial charge in [-0.15, -0.1) is 0 Å². The molecular formula is C20H17N5O3S. The topological polar surface area (TPSA) is 117 Å². The van der Waals surface area contributed by atoms with Crippen LogP contribution in [0.1, 0.15) is 15.9 Å². The summed E-state index contributed by atoms with van der Waals surface area (Å²) in [7, 11) is -3.73. The summed E-state index contributed by atoms with van der Waals surface area (Å²) in [4.78, 5) is 12.7. The van der Waals surface area contributed by atoms with E-state index in [0.717, 1.165) is 5.56 Å². The fourth-order valence-electron chi connectivity index (χ4n) is 2.80. The molecule has 1 heterocycles. The zero-order chi connectivity index (χ0) is 20.4. The van der Waals surface area contributed by atoms with Gasteiger partial charge in [-0.05, 0) is 55.0 Å². The smallest absolute Gasteiger partial charge is 0.261 e. The van der Waals surface area contributed by atoms with Gasteiger partial charge in [-0.3, -0.25) is 9.52 Å². The van der Waals surface area contributed by atoms with Crippen LogP contribution in [0.15, 0.2) is 71.6 Å². The SMILES string of the molecule is Cc1ccc(NC(=O)c2ccc3n[nH]nc3c2)cc1NS(=O)(=O)c1ccccc1. The van der Waals surface area contributed by atoms with Gasteiger partial charge in [0.15, 0.2) is 0 Å². The summed E-state index contributed by atoms with van der Waals surface area (Å²) in [5.41, 5.74) is 3.24. The number of aromatic amines is 1. The minimum atomic E-state index is -3.73. The van der Waals surface area contributed by atoms with Gasteiger partial charge in [-0.2, -0.15) is 15.4 Å². The van der Waals surface area contributed by atoms with E-state index >= 15 is 0 Å². The third-order valence-electron chi connectivity index (χ3n) is 4.37. The lowest BCUT2D eigenvalue weighted by Crippen LogP contribution is -2.15. The number of fused-ring (bicyclic) bond motifs is 1. The number of nitrogens with zero attached hydrogens (tertiary/aromatic N) is 2. The van der Waals surface area contributed by atoms with Gasteiger partial charge in [0, 0.05) is 11.3 Å². The Bertz CT molecular complexity index is 1300. The second-order valence-corrected chi connectivity index (χ2v) is 8.11. The summed E-state index contributed by atoms with van der Waals surface area (Å²) < 4.78 is 27.8. The largest absolute Gasteiger partial charge is 0.322 e. The molecule has 146 valence electrons. The molecule has 0 saturated carbocycles. The van der Waals surface area contributed by atoms with Crippen molar-refractivity contribution >= 4 is 38.3 Å². The zero-order valence-corrected chi connectivity index (χ0v) is 16.2. The molecule has 0 aliphatic heterocycles. The summed E-state index contributed by atoms with van der Waals surface area (Å²) in [6.07, 6.45) is 0. The molecule has 29 heavy (non-hydrogen) atoms. The maximum atomic E-state index is 12.6. The third-order valence-corrected chi connectivity index (χ3v) is 5.75. The Balaban J connectivity index is 1.57. The molecule has 1 aromatic heterocycles. The number of anilines is 2. The van der Waals surface area contributed by atoms with Crippen LogP contribution in [-0.4, -0.2) is 29.7 Å². The lowest BCUT2D eigenvalue weighted by atomic mass is 10.1. The number of amides is 1. The van der Waals surface area contributed by atoms with Crippen molar-refractivity contribution in [1.82, 2.24) is 15.4 Å². The van der Waals surface area contributed by atoms with Crippen LogP contribution >= 0.6 is 0 Å². The molecule has 8 nitrogen and oxygen atoms in total. The van der Waals surface area contributed by atoms with Gasteiger partial charge < -0.3 is 5.32 Å². The number of aromatic nitrogens is 3. The van der Waals surface area contributed by atoms with Gasteiger partial charge >= 0.3 is 0 Å². The fourth-order valence-corrected chi connectivity index (χ4v) is 3.94. The summed E-state index contributed by atoms with van der Waals surface area (Å²) in [5, 5.41) is 13.2. The molecule has 1 amide bonds. The number of H-pyrrole nitrogens is 1. The number of benzene rings is 3. The number of rotatable bonds is 5. The molecule has 0 spiro atoms. The number of hydrogen-bond acceptors (Lipinski definition) is 5. The quantitative estimate of drug-likeness (QED) is 0.469. The number of carbonyl (C=O) groups is 1. The molecule has 0 aliphatic carbocycles. The molecule has 0 unspecified atom stereocenters. The highest BCUT2D eigenvalue weighted by atomic mass is 32.2. The van der Waals surface area contributed by atoms with E-state index in [0.29, 0.717) is 28.0 Å². The Kier molecular flexibility index (Phi) is 4.73. The molecule has 4 rings (SSSR count). The summed E-state index contributed by atoms with van der Waals surface area (Å²) in [6.45, 7) is 1.78. The lowest BCUT2D eigenvalue weighted by Gasteiger charge is -2.13. The predicted octanol–water partition coefficient (Wildman–Crippen LogP) is 3.32. The number of hydrogen-bond donors (Lipinski definition) is 3. The van der Waals surface area contributed by atoms with E-state index in [-0.39, 0.29) is 10.8 Å². The summed E-state index contributed by atoms with van der Waals surface area (Å²) in [5.74, 6) is -0.337. The Morgan fingerprint density at radius 3 is 2.48 bits per heavy atom. The van der Waals surface area contributed by atoms with E-state index in [4.69, 9.17) is 0 Å². The first kappa shape index (κ1) is 18.6. The van der Waals surface area contributed by atoms with Crippen LogP contribution in [-0.2, 0) is 10.0 Å². The molecule has 0 bridgehead atoms. The molecule has 3 aromatic carbocycles. The Hall–Kier alpha value is -3.72. The molecule has 0 radical (unpaired) electrons. The summed E-state index contributed by atoms with van der Waals surface area (Å²) in [6, 6.07) is 18.1. The van der Waals surface area contributed by atoms with E-state index in [9.17, 15) is 13.2 Å². The number of aryl methyl sites for hydroxylation is 1. The van der Waals surface area contributed by atoms with Gasteiger partial charge in [0.1, 0.15) is 11.0 Å². The molecule has 0 fully saturated rings. The van der Waals surface area contributed by atoms with Crippen molar-refractivity contribution in [2.24, 2.45) is 0 Å². The first-order valence-electron chi connectivity index (χ1n) is 8.73. The molecule has 0 saturated heterocycles. The second-order valence-electron chi connectivity index (χ2n) is 6.43. The van der Waals surface area contributed by atoms with E-state index in [1.54, 1.807) is 61.5 Å². The highest BCUT2D eigenvalue weighted by Crippen LogP contribution is 2.24. The van der Waals surface area contributed by atoms with Gasteiger partial charge in [-0.25, -0.2) is 8.42 Å². The van der Waals surface area contributed by atoms with E-state index in [1.165, 1.54) is 12.1 Å². The molecular weight excluding hydrogens is 390 g/mol. The zero-order valence-electron chi connectivity index (χ0n) is 15.4. The molecule has 4 aromatic rings. The fraction of sp³-hybridized carbons (Fsp3) is 0.0500. The molecule has 3 N–H and O–H groups in total. The maximum Gasteiger partial charge on any atom is 0.261 e. The number of carbonyl (C=O) groups excluding carboxylic acids is 1. The van der Waals surface area contributed by atoms with Crippen molar-refractivity contribution in [2.45, 2.75) is 11.8 Å². The first-order valence-corrected chi connectivity index (χ1v) is 10.2. The van der Waals surface area contributed by atoms with Crippen molar-refractivity contribution in [3.63, 3.8) is 0 Å². The number of nitrogens with one attached hydrogen (secondary N) is 3. The van der Waals surface area contributed by atoms with Gasteiger partial charge in [0.25, 0.3) is 15.9 Å². The van der Waals surface area contributed by atoms with Crippen LogP contribution < -0.4 is 10.0 Å². The first-order chi connectivity index (χ1) is 13.9. The van der Waals surface area contributed by atoms with Gasteiger partial charge in [0.2, 0.25) is 0 Å². The highest BCUT2D eigenvalue weighted by Gasteiger charge is 2.16. The van der Waals surface area contributed by atoms with Gasteiger partial charge in [-0.1, -0.05) is 24.3 Å². The maximum absolute atomic E-state index is 12.6. The van der Waals surface area contributed by atoms with Crippen molar-refractivity contribution in [2.75, 3.05) is 10.0 Å². The summed E-state index contributed by atoms with van der Waals surface area (Å²) >= 11 is 0. The minimum Gasteiger partial charge on any atom is -0.322 e. The Morgan fingerprint density at radius 2 is 1.69 bits per heavy atom. The molecule has 0 aliphatic rings. The molecule has 0 atom stereocenters. The van der Waals surface area contributed by atoms with Crippen LogP contribution in [0, 0.1) is 6.92 Å². The lowest BCUT2D eigenvalue weighted by molar-refractivity contribution is 0.102. The minimum absolute atomic E-state index is 0.162. The average Bonchev–Trinajstić information content (AvgIpc) is 3.19.